The summed E-state index contributed by atoms with van der Waals surface area (Å²) < 4.78 is 1.88. The SMILES string of the molecule is Cc1[nH]nc2c1c(=O)n(CCCNCc1ccccc1)c1ccccc21. The fourth-order valence-electron chi connectivity index (χ4n) is 3.45. The molecule has 2 heterocycles. The highest BCUT2D eigenvalue weighted by atomic mass is 16.1. The Bertz CT molecular complexity index is 1100. The van der Waals surface area contributed by atoms with Gasteiger partial charge in [-0.3, -0.25) is 9.89 Å². The van der Waals surface area contributed by atoms with Crippen molar-refractivity contribution in [3.63, 3.8) is 0 Å². The minimum atomic E-state index is 0.0352. The molecule has 2 N–H and O–H groups in total. The third-order valence-corrected chi connectivity index (χ3v) is 4.76. The van der Waals surface area contributed by atoms with Gasteiger partial charge in [-0.05, 0) is 31.5 Å². The second kappa shape index (κ2) is 7.14. The van der Waals surface area contributed by atoms with Gasteiger partial charge in [0.2, 0.25) is 0 Å². The lowest BCUT2D eigenvalue weighted by Crippen LogP contribution is -2.24. The topological polar surface area (TPSA) is 62.7 Å². The van der Waals surface area contributed by atoms with E-state index in [1.54, 1.807) is 0 Å². The molecular formula is C21H22N4O. The van der Waals surface area contributed by atoms with Gasteiger partial charge in [0.05, 0.1) is 10.9 Å². The molecule has 0 saturated heterocycles. The first kappa shape index (κ1) is 16.5. The van der Waals surface area contributed by atoms with Crippen LogP contribution >= 0.6 is 0 Å². The molecule has 5 heteroatoms. The van der Waals surface area contributed by atoms with E-state index in [0.717, 1.165) is 41.6 Å². The Labute approximate surface area is 151 Å². The molecule has 0 aliphatic heterocycles. The molecule has 2 aromatic carbocycles. The largest absolute Gasteiger partial charge is 0.313 e. The number of aromatic amines is 1. The molecule has 26 heavy (non-hydrogen) atoms. The van der Waals surface area contributed by atoms with E-state index >= 15 is 0 Å². The Morgan fingerprint density at radius 1 is 1.08 bits per heavy atom. The highest BCUT2D eigenvalue weighted by Gasteiger charge is 2.14. The fraction of sp³-hybridized carbons (Fsp3) is 0.238. The molecule has 0 radical (unpaired) electrons. The Morgan fingerprint density at radius 3 is 2.69 bits per heavy atom. The first-order valence-electron chi connectivity index (χ1n) is 8.96. The van der Waals surface area contributed by atoms with E-state index in [2.05, 4.69) is 27.6 Å². The number of para-hydroxylation sites is 1. The van der Waals surface area contributed by atoms with Crippen LogP contribution in [0.3, 0.4) is 0 Å². The number of fused-ring (bicyclic) bond motifs is 3. The molecule has 0 aliphatic carbocycles. The highest BCUT2D eigenvalue weighted by Crippen LogP contribution is 2.22. The van der Waals surface area contributed by atoms with Crippen molar-refractivity contribution in [2.24, 2.45) is 0 Å². The summed E-state index contributed by atoms with van der Waals surface area (Å²) in [5, 5.41) is 12.5. The van der Waals surface area contributed by atoms with Crippen LogP contribution in [0.4, 0.5) is 0 Å². The van der Waals surface area contributed by atoms with Crippen molar-refractivity contribution in [3.05, 3.63) is 76.2 Å². The Hall–Kier alpha value is -2.92. The minimum Gasteiger partial charge on any atom is -0.313 e. The van der Waals surface area contributed by atoms with Crippen molar-refractivity contribution in [3.8, 4) is 0 Å². The van der Waals surface area contributed by atoms with Crippen LogP contribution in [-0.4, -0.2) is 21.3 Å². The lowest BCUT2D eigenvalue weighted by Gasteiger charge is -2.12. The van der Waals surface area contributed by atoms with E-state index in [1.807, 2.05) is 54.0 Å². The zero-order chi connectivity index (χ0) is 17.9. The van der Waals surface area contributed by atoms with E-state index in [0.29, 0.717) is 11.9 Å². The van der Waals surface area contributed by atoms with E-state index in [4.69, 9.17) is 0 Å². The quantitative estimate of drug-likeness (QED) is 0.526. The van der Waals surface area contributed by atoms with Crippen molar-refractivity contribution in [1.82, 2.24) is 20.1 Å². The van der Waals surface area contributed by atoms with E-state index in [-0.39, 0.29) is 5.56 Å². The predicted molar refractivity (Wildman–Crippen MR) is 105 cm³/mol. The molecule has 0 unspecified atom stereocenters. The maximum absolute atomic E-state index is 13.0. The van der Waals surface area contributed by atoms with Crippen LogP contribution in [0, 0.1) is 6.92 Å². The van der Waals surface area contributed by atoms with Gasteiger partial charge in [-0.15, -0.1) is 0 Å². The average molecular weight is 346 g/mol. The number of hydrogen-bond acceptors (Lipinski definition) is 3. The van der Waals surface area contributed by atoms with Crippen LogP contribution in [0.2, 0.25) is 0 Å². The number of hydrogen-bond donors (Lipinski definition) is 2. The molecule has 4 rings (SSSR count). The molecule has 0 amide bonds. The van der Waals surface area contributed by atoms with Gasteiger partial charge in [0.1, 0.15) is 5.52 Å². The van der Waals surface area contributed by atoms with Gasteiger partial charge in [-0.1, -0.05) is 48.5 Å². The van der Waals surface area contributed by atoms with Gasteiger partial charge < -0.3 is 9.88 Å². The Balaban J connectivity index is 1.55. The number of pyridine rings is 1. The van der Waals surface area contributed by atoms with Crippen molar-refractivity contribution in [2.75, 3.05) is 6.54 Å². The number of aryl methyl sites for hydroxylation is 2. The predicted octanol–water partition coefficient (Wildman–Crippen LogP) is 3.37. The standard InChI is InChI=1S/C21H22N4O/c1-15-19-20(24-23-15)17-10-5-6-11-18(17)25(21(19)26)13-7-12-22-14-16-8-3-2-4-9-16/h2-6,8-11,22H,7,12-14H2,1H3,(H,23,24). The molecular weight excluding hydrogens is 324 g/mol. The monoisotopic (exact) mass is 346 g/mol. The third kappa shape index (κ3) is 3.02. The summed E-state index contributed by atoms with van der Waals surface area (Å²) in [7, 11) is 0. The van der Waals surface area contributed by atoms with Crippen LogP contribution < -0.4 is 10.9 Å². The van der Waals surface area contributed by atoms with Crippen molar-refractivity contribution in [2.45, 2.75) is 26.4 Å². The number of nitrogens with zero attached hydrogens (tertiary/aromatic N) is 2. The second-order valence-corrected chi connectivity index (χ2v) is 6.56. The number of rotatable bonds is 6. The smallest absolute Gasteiger partial charge is 0.262 e. The van der Waals surface area contributed by atoms with Gasteiger partial charge in [-0.2, -0.15) is 5.10 Å². The van der Waals surface area contributed by atoms with Crippen LogP contribution in [0.5, 0.6) is 0 Å². The Kier molecular flexibility index (Phi) is 4.54. The summed E-state index contributed by atoms with van der Waals surface area (Å²) in [6.07, 6.45) is 0.888. The lowest BCUT2D eigenvalue weighted by atomic mass is 10.1. The maximum Gasteiger partial charge on any atom is 0.262 e. The molecule has 4 aromatic rings. The van der Waals surface area contributed by atoms with Gasteiger partial charge >= 0.3 is 0 Å². The summed E-state index contributed by atoms with van der Waals surface area (Å²) in [4.78, 5) is 13.0. The first-order chi connectivity index (χ1) is 12.8. The molecule has 0 saturated carbocycles. The van der Waals surface area contributed by atoms with Crippen LogP contribution in [0.25, 0.3) is 21.8 Å². The average Bonchev–Trinajstić information content (AvgIpc) is 3.07. The maximum atomic E-state index is 13.0. The zero-order valence-electron chi connectivity index (χ0n) is 14.8. The van der Waals surface area contributed by atoms with Gasteiger partial charge in [0, 0.05) is 24.2 Å². The number of aromatic nitrogens is 3. The lowest BCUT2D eigenvalue weighted by molar-refractivity contribution is 0.583. The summed E-state index contributed by atoms with van der Waals surface area (Å²) in [6.45, 7) is 4.29. The first-order valence-corrected chi connectivity index (χ1v) is 8.96. The van der Waals surface area contributed by atoms with Gasteiger partial charge in [0.25, 0.3) is 5.56 Å². The fourth-order valence-corrected chi connectivity index (χ4v) is 3.45. The number of H-pyrrole nitrogens is 1. The van der Waals surface area contributed by atoms with Crippen molar-refractivity contribution >= 4 is 21.8 Å². The van der Waals surface area contributed by atoms with Crippen LogP contribution in [-0.2, 0) is 13.1 Å². The van der Waals surface area contributed by atoms with E-state index in [9.17, 15) is 4.79 Å². The number of benzene rings is 2. The minimum absolute atomic E-state index is 0.0352. The van der Waals surface area contributed by atoms with Gasteiger partial charge in [0.15, 0.2) is 0 Å². The molecule has 132 valence electrons. The zero-order valence-corrected chi connectivity index (χ0v) is 14.8. The van der Waals surface area contributed by atoms with Gasteiger partial charge in [-0.25, -0.2) is 0 Å². The summed E-state index contributed by atoms with van der Waals surface area (Å²) in [5.74, 6) is 0. The van der Waals surface area contributed by atoms with Crippen molar-refractivity contribution < 1.29 is 0 Å². The molecule has 2 aromatic heterocycles. The molecule has 0 atom stereocenters. The van der Waals surface area contributed by atoms with E-state index in [1.165, 1.54) is 5.56 Å². The molecule has 5 nitrogen and oxygen atoms in total. The highest BCUT2D eigenvalue weighted by molar-refractivity contribution is 6.03. The Morgan fingerprint density at radius 2 is 1.85 bits per heavy atom. The molecule has 0 bridgehead atoms. The van der Waals surface area contributed by atoms with E-state index < -0.39 is 0 Å². The number of nitrogens with one attached hydrogen (secondary N) is 2. The third-order valence-electron chi connectivity index (χ3n) is 4.76. The molecule has 0 aliphatic rings. The second-order valence-electron chi connectivity index (χ2n) is 6.56. The normalized spacial score (nSPS) is 11.4. The summed E-state index contributed by atoms with van der Waals surface area (Å²) in [5.41, 5.74) is 3.84. The van der Waals surface area contributed by atoms with Crippen LogP contribution in [0.15, 0.2) is 59.4 Å². The van der Waals surface area contributed by atoms with Crippen molar-refractivity contribution in [1.29, 1.82) is 0 Å². The molecule has 0 spiro atoms. The molecule has 0 fully saturated rings. The summed E-state index contributed by atoms with van der Waals surface area (Å²) in [6, 6.07) is 18.3. The van der Waals surface area contributed by atoms with Crippen LogP contribution in [0.1, 0.15) is 17.7 Å². The summed E-state index contributed by atoms with van der Waals surface area (Å²) >= 11 is 0.